The fourth-order valence-corrected chi connectivity index (χ4v) is 3.89. The summed E-state index contributed by atoms with van der Waals surface area (Å²) in [5.41, 5.74) is 0. The molecule has 0 heterocycles. The molecule has 0 rings (SSSR count). The first-order chi connectivity index (χ1) is 11.0. The van der Waals surface area contributed by atoms with Crippen molar-refractivity contribution in [2.24, 2.45) is 0 Å². The van der Waals surface area contributed by atoms with Gasteiger partial charge in [-0.1, -0.05) is 84.0 Å². The number of hydrogen-bond acceptors (Lipinski definition) is 3. The topological polar surface area (TPSA) is 74.6 Å². The lowest BCUT2D eigenvalue weighted by Gasteiger charge is -2.13. The molecule has 0 spiro atoms. The molecule has 5 heteroatoms. The summed E-state index contributed by atoms with van der Waals surface area (Å²) in [5.74, 6) is 0. The highest BCUT2D eigenvalue weighted by molar-refractivity contribution is 7.86. The lowest BCUT2D eigenvalue weighted by atomic mass is 10.0. The Morgan fingerprint density at radius 3 is 1.48 bits per heavy atom. The molecule has 0 aromatic rings. The molecular formula is C18H38O4S. The zero-order valence-electron chi connectivity index (χ0n) is 15.0. The molecule has 0 saturated carbocycles. The van der Waals surface area contributed by atoms with E-state index in [0.717, 1.165) is 51.4 Å². The number of aliphatic hydroxyl groups is 1. The van der Waals surface area contributed by atoms with E-state index in [1.54, 1.807) is 0 Å². The molecule has 2 N–H and O–H groups in total. The largest absolute Gasteiger partial charge is 0.396 e. The van der Waals surface area contributed by atoms with Crippen LogP contribution in [0.1, 0.15) is 103 Å². The summed E-state index contributed by atoms with van der Waals surface area (Å²) < 4.78 is 32.3. The molecule has 1 unspecified atom stereocenters. The Morgan fingerprint density at radius 2 is 1.09 bits per heavy atom. The third-order valence-corrected chi connectivity index (χ3v) is 5.80. The molecule has 140 valence electrons. The van der Waals surface area contributed by atoms with Gasteiger partial charge < -0.3 is 5.11 Å². The number of unbranched alkanes of at least 4 members (excludes halogenated alkanes) is 11. The molecule has 0 aromatic carbocycles. The Balaban J connectivity index is 3.74. The van der Waals surface area contributed by atoms with Crippen LogP contribution < -0.4 is 0 Å². The highest BCUT2D eigenvalue weighted by atomic mass is 32.2. The van der Waals surface area contributed by atoms with Gasteiger partial charge in [-0.2, -0.15) is 8.42 Å². The maximum Gasteiger partial charge on any atom is 0.267 e. The van der Waals surface area contributed by atoms with Crippen molar-refractivity contribution in [2.45, 2.75) is 108 Å². The van der Waals surface area contributed by atoms with Crippen molar-refractivity contribution in [1.82, 2.24) is 0 Å². The van der Waals surface area contributed by atoms with Gasteiger partial charge in [-0.25, -0.2) is 0 Å². The quantitative estimate of drug-likeness (QED) is 0.282. The first-order valence-electron chi connectivity index (χ1n) is 9.59. The van der Waals surface area contributed by atoms with Crippen molar-refractivity contribution >= 4 is 10.1 Å². The van der Waals surface area contributed by atoms with E-state index in [1.165, 1.54) is 32.1 Å². The van der Waals surface area contributed by atoms with Crippen LogP contribution in [-0.4, -0.2) is 29.9 Å². The molecule has 0 saturated heterocycles. The fourth-order valence-electron chi connectivity index (χ4n) is 2.96. The average Bonchev–Trinajstić information content (AvgIpc) is 2.50. The predicted molar refractivity (Wildman–Crippen MR) is 97.4 cm³/mol. The van der Waals surface area contributed by atoms with E-state index in [-0.39, 0.29) is 6.61 Å². The van der Waals surface area contributed by atoms with Crippen LogP contribution in [0.15, 0.2) is 0 Å². The summed E-state index contributed by atoms with van der Waals surface area (Å²) in [4.78, 5) is 0. The minimum Gasteiger partial charge on any atom is -0.396 e. The standard InChI is InChI=1S/C18H38O4S/c1-2-3-4-5-6-9-12-15-18(23(20,21)22)16-13-10-7-8-11-14-17-19/h18-19H,2-17H2,1H3,(H,20,21,22). The molecule has 0 aliphatic heterocycles. The Bertz CT molecular complexity index is 323. The van der Waals surface area contributed by atoms with E-state index in [0.29, 0.717) is 12.8 Å². The molecule has 0 aromatic heterocycles. The lowest BCUT2D eigenvalue weighted by molar-refractivity contribution is 0.282. The van der Waals surface area contributed by atoms with Crippen LogP contribution >= 0.6 is 0 Å². The molecule has 0 amide bonds. The highest BCUT2D eigenvalue weighted by Crippen LogP contribution is 2.19. The van der Waals surface area contributed by atoms with E-state index >= 15 is 0 Å². The smallest absolute Gasteiger partial charge is 0.267 e. The van der Waals surface area contributed by atoms with Crippen LogP contribution in [0.2, 0.25) is 0 Å². The Kier molecular flexibility index (Phi) is 15.3. The third-order valence-electron chi connectivity index (χ3n) is 4.49. The summed E-state index contributed by atoms with van der Waals surface area (Å²) in [6, 6.07) is 0. The van der Waals surface area contributed by atoms with Crippen LogP contribution in [0.3, 0.4) is 0 Å². The maximum absolute atomic E-state index is 11.5. The van der Waals surface area contributed by atoms with Gasteiger partial charge in [-0.15, -0.1) is 0 Å². The van der Waals surface area contributed by atoms with Gasteiger partial charge in [0.2, 0.25) is 0 Å². The zero-order valence-corrected chi connectivity index (χ0v) is 15.8. The van der Waals surface area contributed by atoms with Gasteiger partial charge >= 0.3 is 0 Å². The first-order valence-corrected chi connectivity index (χ1v) is 11.1. The average molecular weight is 351 g/mol. The number of aliphatic hydroxyl groups excluding tert-OH is 1. The third kappa shape index (κ3) is 15.2. The van der Waals surface area contributed by atoms with Crippen LogP contribution in [0.4, 0.5) is 0 Å². The summed E-state index contributed by atoms with van der Waals surface area (Å²) in [6.45, 7) is 2.45. The monoisotopic (exact) mass is 350 g/mol. The molecule has 0 fully saturated rings. The Morgan fingerprint density at radius 1 is 0.696 bits per heavy atom. The molecule has 0 aliphatic carbocycles. The lowest BCUT2D eigenvalue weighted by Crippen LogP contribution is -2.20. The van der Waals surface area contributed by atoms with E-state index in [2.05, 4.69) is 6.92 Å². The minimum absolute atomic E-state index is 0.253. The molecule has 0 bridgehead atoms. The van der Waals surface area contributed by atoms with E-state index in [9.17, 15) is 13.0 Å². The maximum atomic E-state index is 11.5. The van der Waals surface area contributed by atoms with Gasteiger partial charge in [0.25, 0.3) is 10.1 Å². The Hall–Kier alpha value is -0.130. The minimum atomic E-state index is -3.90. The van der Waals surface area contributed by atoms with E-state index < -0.39 is 15.4 Å². The fraction of sp³-hybridized carbons (Fsp3) is 1.00. The Labute approximate surface area is 143 Å². The molecule has 1 atom stereocenters. The highest BCUT2D eigenvalue weighted by Gasteiger charge is 2.21. The molecular weight excluding hydrogens is 312 g/mol. The second-order valence-electron chi connectivity index (χ2n) is 6.68. The normalized spacial score (nSPS) is 13.3. The van der Waals surface area contributed by atoms with Crippen LogP contribution in [0, 0.1) is 0 Å². The van der Waals surface area contributed by atoms with Gasteiger partial charge in [0.1, 0.15) is 0 Å². The predicted octanol–water partition coefficient (Wildman–Crippen LogP) is 5.11. The van der Waals surface area contributed by atoms with Gasteiger partial charge in [0, 0.05) is 6.61 Å². The van der Waals surface area contributed by atoms with Gasteiger partial charge in [-0.3, -0.25) is 4.55 Å². The molecule has 4 nitrogen and oxygen atoms in total. The van der Waals surface area contributed by atoms with Crippen molar-refractivity contribution in [3.8, 4) is 0 Å². The van der Waals surface area contributed by atoms with Crippen LogP contribution in [-0.2, 0) is 10.1 Å². The second kappa shape index (κ2) is 15.4. The van der Waals surface area contributed by atoms with Crippen molar-refractivity contribution < 1.29 is 18.1 Å². The zero-order chi connectivity index (χ0) is 17.4. The first kappa shape index (κ1) is 22.9. The van der Waals surface area contributed by atoms with Crippen molar-refractivity contribution in [3.05, 3.63) is 0 Å². The SMILES string of the molecule is CCCCCCCCCC(CCCCCCCCO)S(=O)(=O)O. The summed E-state index contributed by atoms with van der Waals surface area (Å²) in [7, 11) is -3.90. The van der Waals surface area contributed by atoms with Crippen molar-refractivity contribution in [1.29, 1.82) is 0 Å². The number of rotatable bonds is 17. The molecule has 23 heavy (non-hydrogen) atoms. The van der Waals surface area contributed by atoms with E-state index in [1.807, 2.05) is 0 Å². The van der Waals surface area contributed by atoms with Crippen molar-refractivity contribution in [2.75, 3.05) is 6.61 Å². The van der Waals surface area contributed by atoms with Gasteiger partial charge in [0.15, 0.2) is 0 Å². The van der Waals surface area contributed by atoms with Gasteiger partial charge in [0.05, 0.1) is 5.25 Å². The van der Waals surface area contributed by atoms with Gasteiger partial charge in [-0.05, 0) is 19.3 Å². The number of hydrogen-bond donors (Lipinski definition) is 2. The van der Waals surface area contributed by atoms with Crippen LogP contribution in [0.5, 0.6) is 0 Å². The summed E-state index contributed by atoms with van der Waals surface area (Å²) >= 11 is 0. The summed E-state index contributed by atoms with van der Waals surface area (Å²) in [5, 5.41) is 8.13. The molecule has 0 aliphatic rings. The second-order valence-corrected chi connectivity index (χ2v) is 8.38. The summed E-state index contributed by atoms with van der Waals surface area (Å²) in [6.07, 6.45) is 15.3. The van der Waals surface area contributed by atoms with E-state index in [4.69, 9.17) is 5.11 Å². The van der Waals surface area contributed by atoms with Crippen LogP contribution in [0.25, 0.3) is 0 Å². The molecule has 0 radical (unpaired) electrons. The van der Waals surface area contributed by atoms with Crippen molar-refractivity contribution in [3.63, 3.8) is 0 Å².